The number of amides is 1. The highest BCUT2D eigenvalue weighted by Gasteiger charge is 2.11. The zero-order valence-electron chi connectivity index (χ0n) is 11.4. The normalized spacial score (nSPS) is 10.2. The van der Waals surface area contributed by atoms with Crippen LogP contribution in [0.4, 0.5) is 11.5 Å². The number of anilines is 2. The first kappa shape index (κ1) is 15.9. The number of hydrogen-bond donors (Lipinski definition) is 2. The second-order valence-corrected chi connectivity index (χ2v) is 6.06. The highest BCUT2D eigenvalue weighted by atomic mass is 79.9. The molecule has 0 saturated carbocycles. The number of nitrogens with one attached hydrogen (secondary N) is 2. The standard InChI is InChI=1S/C14H14Br2N4O/c1-2-5-18-13-8-17-7-12(19-13)14(21)20-11-6-9(15)3-4-10(11)16/h3-4,6-8H,2,5H2,1H3,(H,18,19)(H,20,21). The fourth-order valence-corrected chi connectivity index (χ4v) is 2.30. The van der Waals surface area contributed by atoms with Gasteiger partial charge in [0, 0.05) is 15.5 Å². The molecule has 0 unspecified atom stereocenters. The smallest absolute Gasteiger partial charge is 0.275 e. The molecule has 0 aliphatic rings. The summed E-state index contributed by atoms with van der Waals surface area (Å²) in [4.78, 5) is 20.5. The van der Waals surface area contributed by atoms with Crippen LogP contribution in [0.15, 0.2) is 39.5 Å². The number of benzene rings is 1. The summed E-state index contributed by atoms with van der Waals surface area (Å²) in [5.41, 5.74) is 0.936. The first-order valence-corrected chi connectivity index (χ1v) is 8.01. The number of rotatable bonds is 5. The Morgan fingerprint density at radius 3 is 2.86 bits per heavy atom. The molecule has 110 valence electrons. The summed E-state index contributed by atoms with van der Waals surface area (Å²) in [6.07, 6.45) is 4.02. The third-order valence-corrected chi connectivity index (χ3v) is 3.78. The van der Waals surface area contributed by atoms with E-state index >= 15 is 0 Å². The lowest BCUT2D eigenvalue weighted by Crippen LogP contribution is -2.15. The minimum absolute atomic E-state index is 0.267. The summed E-state index contributed by atoms with van der Waals surface area (Å²) < 4.78 is 1.68. The molecule has 2 aromatic rings. The van der Waals surface area contributed by atoms with Crippen molar-refractivity contribution in [3.8, 4) is 0 Å². The van der Waals surface area contributed by atoms with Crippen LogP contribution in [0.2, 0.25) is 0 Å². The lowest BCUT2D eigenvalue weighted by molar-refractivity contribution is 0.102. The Kier molecular flexibility index (Phi) is 5.69. The van der Waals surface area contributed by atoms with Crippen molar-refractivity contribution in [1.29, 1.82) is 0 Å². The fourth-order valence-electron chi connectivity index (χ4n) is 1.59. The topological polar surface area (TPSA) is 66.9 Å². The van der Waals surface area contributed by atoms with E-state index in [1.165, 1.54) is 6.20 Å². The number of aromatic nitrogens is 2. The molecule has 0 aliphatic heterocycles. The van der Waals surface area contributed by atoms with Gasteiger partial charge in [-0.05, 0) is 40.5 Å². The van der Waals surface area contributed by atoms with E-state index in [4.69, 9.17) is 0 Å². The van der Waals surface area contributed by atoms with Gasteiger partial charge in [0.1, 0.15) is 11.5 Å². The summed E-state index contributed by atoms with van der Waals surface area (Å²) >= 11 is 6.77. The van der Waals surface area contributed by atoms with Crippen LogP contribution in [0.5, 0.6) is 0 Å². The van der Waals surface area contributed by atoms with Crippen molar-refractivity contribution < 1.29 is 4.79 Å². The average molecular weight is 414 g/mol. The maximum atomic E-state index is 12.2. The van der Waals surface area contributed by atoms with Gasteiger partial charge in [0.05, 0.1) is 18.1 Å². The number of halogens is 2. The molecule has 1 heterocycles. The predicted molar refractivity (Wildman–Crippen MR) is 90.6 cm³/mol. The minimum atomic E-state index is -0.304. The van der Waals surface area contributed by atoms with Gasteiger partial charge >= 0.3 is 0 Å². The third kappa shape index (κ3) is 4.50. The van der Waals surface area contributed by atoms with Gasteiger partial charge in [0.2, 0.25) is 0 Å². The molecular weight excluding hydrogens is 400 g/mol. The van der Waals surface area contributed by atoms with Crippen LogP contribution in [-0.2, 0) is 0 Å². The van der Waals surface area contributed by atoms with Crippen LogP contribution in [0.25, 0.3) is 0 Å². The molecule has 0 saturated heterocycles. The van der Waals surface area contributed by atoms with E-state index in [0.29, 0.717) is 11.5 Å². The molecular formula is C14H14Br2N4O. The van der Waals surface area contributed by atoms with Gasteiger partial charge in [-0.1, -0.05) is 22.9 Å². The number of hydrogen-bond acceptors (Lipinski definition) is 4. The van der Waals surface area contributed by atoms with Crippen molar-refractivity contribution in [3.63, 3.8) is 0 Å². The molecule has 1 aromatic heterocycles. The summed E-state index contributed by atoms with van der Waals surface area (Å²) in [5.74, 6) is 0.291. The van der Waals surface area contributed by atoms with E-state index in [0.717, 1.165) is 21.9 Å². The van der Waals surface area contributed by atoms with Crippen LogP contribution in [-0.4, -0.2) is 22.4 Å². The van der Waals surface area contributed by atoms with E-state index in [1.807, 2.05) is 18.2 Å². The van der Waals surface area contributed by atoms with Gasteiger partial charge in [-0.3, -0.25) is 9.78 Å². The van der Waals surface area contributed by atoms with Gasteiger partial charge in [0.15, 0.2) is 0 Å². The molecule has 0 radical (unpaired) electrons. The van der Waals surface area contributed by atoms with Crippen LogP contribution in [0.3, 0.4) is 0 Å². The van der Waals surface area contributed by atoms with Crippen molar-refractivity contribution in [2.75, 3.05) is 17.2 Å². The number of carbonyl (C=O) groups is 1. The first-order chi connectivity index (χ1) is 10.1. The maximum Gasteiger partial charge on any atom is 0.275 e. The first-order valence-electron chi connectivity index (χ1n) is 6.42. The van der Waals surface area contributed by atoms with Crippen molar-refractivity contribution in [2.24, 2.45) is 0 Å². The second-order valence-electron chi connectivity index (χ2n) is 4.29. The molecule has 0 spiro atoms. The van der Waals surface area contributed by atoms with Crippen molar-refractivity contribution in [1.82, 2.24) is 9.97 Å². The van der Waals surface area contributed by atoms with E-state index in [2.05, 4.69) is 59.4 Å². The Balaban J connectivity index is 2.14. The highest BCUT2D eigenvalue weighted by molar-refractivity contribution is 9.11. The third-order valence-electron chi connectivity index (χ3n) is 2.60. The fraction of sp³-hybridized carbons (Fsp3) is 0.214. The van der Waals surface area contributed by atoms with Gasteiger partial charge in [-0.15, -0.1) is 0 Å². The molecule has 0 aliphatic carbocycles. The van der Waals surface area contributed by atoms with Crippen molar-refractivity contribution >= 4 is 49.3 Å². The molecule has 21 heavy (non-hydrogen) atoms. The second kappa shape index (κ2) is 7.51. The lowest BCUT2D eigenvalue weighted by atomic mass is 10.3. The molecule has 1 aromatic carbocycles. The van der Waals surface area contributed by atoms with E-state index < -0.39 is 0 Å². The monoisotopic (exact) mass is 412 g/mol. The van der Waals surface area contributed by atoms with E-state index in [1.54, 1.807) is 6.20 Å². The SMILES string of the molecule is CCCNc1cncc(C(=O)Nc2cc(Br)ccc2Br)n1. The Hall–Kier alpha value is -1.47. The van der Waals surface area contributed by atoms with Crippen LogP contribution in [0, 0.1) is 0 Å². The maximum absolute atomic E-state index is 12.2. The molecule has 2 N–H and O–H groups in total. The quantitative estimate of drug-likeness (QED) is 0.774. The Bertz CT molecular complexity index is 649. The summed E-state index contributed by atoms with van der Waals surface area (Å²) in [6.45, 7) is 2.85. The Labute approximate surface area is 139 Å². The summed E-state index contributed by atoms with van der Waals surface area (Å²) in [6, 6.07) is 5.55. The molecule has 0 bridgehead atoms. The number of nitrogens with zero attached hydrogens (tertiary/aromatic N) is 2. The van der Waals surface area contributed by atoms with Crippen molar-refractivity contribution in [2.45, 2.75) is 13.3 Å². The van der Waals surface area contributed by atoms with Crippen LogP contribution < -0.4 is 10.6 Å². The molecule has 2 rings (SSSR count). The highest BCUT2D eigenvalue weighted by Crippen LogP contribution is 2.26. The van der Waals surface area contributed by atoms with Gasteiger partial charge in [0.25, 0.3) is 5.91 Å². The van der Waals surface area contributed by atoms with Gasteiger partial charge < -0.3 is 10.6 Å². The van der Waals surface area contributed by atoms with E-state index in [9.17, 15) is 4.79 Å². The largest absolute Gasteiger partial charge is 0.369 e. The molecule has 5 nitrogen and oxygen atoms in total. The summed E-state index contributed by atoms with van der Waals surface area (Å²) in [7, 11) is 0. The summed E-state index contributed by atoms with van der Waals surface area (Å²) in [5, 5.41) is 5.91. The zero-order valence-corrected chi connectivity index (χ0v) is 14.5. The molecule has 0 atom stereocenters. The van der Waals surface area contributed by atoms with Gasteiger partial charge in [-0.25, -0.2) is 4.98 Å². The van der Waals surface area contributed by atoms with E-state index in [-0.39, 0.29) is 11.6 Å². The molecule has 1 amide bonds. The average Bonchev–Trinajstić information content (AvgIpc) is 2.49. The van der Waals surface area contributed by atoms with Gasteiger partial charge in [-0.2, -0.15) is 0 Å². The number of carbonyl (C=O) groups excluding carboxylic acids is 1. The van der Waals surface area contributed by atoms with Crippen molar-refractivity contribution in [3.05, 3.63) is 45.2 Å². The van der Waals surface area contributed by atoms with Crippen LogP contribution in [0.1, 0.15) is 23.8 Å². The Morgan fingerprint density at radius 1 is 1.29 bits per heavy atom. The lowest BCUT2D eigenvalue weighted by Gasteiger charge is -2.08. The molecule has 7 heteroatoms. The molecule has 0 fully saturated rings. The minimum Gasteiger partial charge on any atom is -0.369 e. The van der Waals surface area contributed by atoms with Crippen LogP contribution >= 0.6 is 31.9 Å². The Morgan fingerprint density at radius 2 is 2.10 bits per heavy atom. The zero-order chi connectivity index (χ0) is 15.2. The predicted octanol–water partition coefficient (Wildman–Crippen LogP) is 4.08.